The minimum atomic E-state index is -0.163. The summed E-state index contributed by atoms with van der Waals surface area (Å²) in [6.07, 6.45) is 3.99. The summed E-state index contributed by atoms with van der Waals surface area (Å²) in [4.78, 5) is 25.8. The summed E-state index contributed by atoms with van der Waals surface area (Å²) in [5.41, 5.74) is 1.15. The van der Waals surface area contributed by atoms with E-state index in [1.54, 1.807) is 13.3 Å². The van der Waals surface area contributed by atoms with Crippen LogP contribution in [0.2, 0.25) is 0 Å². The molecule has 0 aliphatic carbocycles. The van der Waals surface area contributed by atoms with Gasteiger partial charge in [-0.3, -0.25) is 9.78 Å². The lowest BCUT2D eigenvalue weighted by Crippen LogP contribution is -2.36. The number of nitrogens with one attached hydrogen (secondary N) is 1. The van der Waals surface area contributed by atoms with Gasteiger partial charge < -0.3 is 9.64 Å². The average molecular weight is 300 g/mol. The maximum Gasteiger partial charge on any atom is 0.252 e. The Balaban J connectivity index is 2.01. The van der Waals surface area contributed by atoms with E-state index in [1.165, 1.54) is 12.5 Å². The number of rotatable bonds is 3. The molecule has 1 saturated heterocycles. The molecule has 0 spiro atoms. The normalized spacial score (nSPS) is 18.3. The molecule has 6 nitrogen and oxygen atoms in total. The predicted molar refractivity (Wildman–Crippen MR) is 85.3 cm³/mol. The van der Waals surface area contributed by atoms with Crippen LogP contribution in [0.25, 0.3) is 11.3 Å². The second-order valence-electron chi connectivity index (χ2n) is 5.71. The third kappa shape index (κ3) is 2.95. The number of methoxy groups -OCH3 is 1. The molecule has 2 aromatic rings. The highest BCUT2D eigenvalue weighted by atomic mass is 16.5. The Kier molecular flexibility index (Phi) is 4.09. The molecular weight excluding hydrogens is 280 g/mol. The molecule has 3 rings (SSSR count). The standard InChI is InChI=1S/C16H20N4O2/c1-11-5-4-8-20(10-11)16-18-13(9-14(21)19-16)12-6-3-7-17-15(12)22-2/h3,6-7,9,11H,4-5,8,10H2,1-2H3,(H,18,19,21)/t11-/m0/s1. The minimum Gasteiger partial charge on any atom is -0.481 e. The molecule has 1 N–H and O–H groups in total. The van der Waals surface area contributed by atoms with Crippen LogP contribution >= 0.6 is 0 Å². The highest BCUT2D eigenvalue weighted by Gasteiger charge is 2.19. The molecule has 0 saturated carbocycles. The van der Waals surface area contributed by atoms with Crippen molar-refractivity contribution in [1.82, 2.24) is 15.0 Å². The Bertz CT molecular complexity index is 713. The maximum absolute atomic E-state index is 12.0. The summed E-state index contributed by atoms with van der Waals surface area (Å²) in [7, 11) is 1.56. The first kappa shape index (κ1) is 14.6. The van der Waals surface area contributed by atoms with Crippen molar-refractivity contribution < 1.29 is 4.74 Å². The fraction of sp³-hybridized carbons (Fsp3) is 0.438. The van der Waals surface area contributed by atoms with Crippen LogP contribution in [0.4, 0.5) is 5.95 Å². The quantitative estimate of drug-likeness (QED) is 0.939. The number of nitrogens with zero attached hydrogens (tertiary/aromatic N) is 3. The van der Waals surface area contributed by atoms with Gasteiger partial charge >= 0.3 is 0 Å². The van der Waals surface area contributed by atoms with E-state index >= 15 is 0 Å². The van der Waals surface area contributed by atoms with Crippen molar-refractivity contribution in [3.05, 3.63) is 34.7 Å². The SMILES string of the molecule is COc1ncccc1-c1cc(=O)[nH]c(N2CCC[C@H](C)C2)n1. The van der Waals surface area contributed by atoms with Crippen molar-refractivity contribution in [3.8, 4) is 17.1 Å². The number of hydrogen-bond donors (Lipinski definition) is 1. The number of H-pyrrole nitrogens is 1. The van der Waals surface area contributed by atoms with Crippen LogP contribution in [0.1, 0.15) is 19.8 Å². The van der Waals surface area contributed by atoms with E-state index in [0.717, 1.165) is 25.1 Å². The van der Waals surface area contributed by atoms with Gasteiger partial charge in [-0.25, -0.2) is 9.97 Å². The van der Waals surface area contributed by atoms with Crippen LogP contribution in [-0.4, -0.2) is 35.2 Å². The molecule has 116 valence electrons. The summed E-state index contributed by atoms with van der Waals surface area (Å²) in [6, 6.07) is 5.15. The summed E-state index contributed by atoms with van der Waals surface area (Å²) < 4.78 is 5.27. The van der Waals surface area contributed by atoms with Crippen LogP contribution in [0.15, 0.2) is 29.2 Å². The number of anilines is 1. The van der Waals surface area contributed by atoms with E-state index in [1.807, 2.05) is 12.1 Å². The smallest absolute Gasteiger partial charge is 0.252 e. The van der Waals surface area contributed by atoms with Crippen molar-refractivity contribution in [2.24, 2.45) is 5.92 Å². The molecule has 1 aliphatic heterocycles. The maximum atomic E-state index is 12.0. The Labute approximate surface area is 129 Å². The Morgan fingerprint density at radius 2 is 2.32 bits per heavy atom. The van der Waals surface area contributed by atoms with Crippen LogP contribution < -0.4 is 15.2 Å². The number of ether oxygens (including phenoxy) is 1. The largest absolute Gasteiger partial charge is 0.481 e. The monoisotopic (exact) mass is 300 g/mol. The second kappa shape index (κ2) is 6.17. The van der Waals surface area contributed by atoms with Gasteiger partial charge in [-0.15, -0.1) is 0 Å². The summed E-state index contributed by atoms with van der Waals surface area (Å²) in [5, 5.41) is 0. The second-order valence-corrected chi connectivity index (χ2v) is 5.71. The summed E-state index contributed by atoms with van der Waals surface area (Å²) >= 11 is 0. The average Bonchev–Trinajstić information content (AvgIpc) is 2.54. The van der Waals surface area contributed by atoms with Gasteiger partial charge in [-0.2, -0.15) is 0 Å². The number of hydrogen-bond acceptors (Lipinski definition) is 5. The van der Waals surface area contributed by atoms with Crippen LogP contribution in [0.3, 0.4) is 0 Å². The molecule has 1 atom stereocenters. The molecular formula is C16H20N4O2. The van der Waals surface area contributed by atoms with Gasteiger partial charge in [0.2, 0.25) is 11.8 Å². The molecule has 22 heavy (non-hydrogen) atoms. The fourth-order valence-electron chi connectivity index (χ4n) is 2.86. The minimum absolute atomic E-state index is 0.163. The van der Waals surface area contributed by atoms with Crippen molar-refractivity contribution in [1.29, 1.82) is 0 Å². The van der Waals surface area contributed by atoms with Gasteiger partial charge in [0.25, 0.3) is 5.56 Å². The highest BCUT2D eigenvalue weighted by Crippen LogP contribution is 2.26. The molecule has 1 aliphatic rings. The van der Waals surface area contributed by atoms with Crippen molar-refractivity contribution in [2.75, 3.05) is 25.1 Å². The number of piperidine rings is 1. The predicted octanol–water partition coefficient (Wildman–Crippen LogP) is 2.08. The van der Waals surface area contributed by atoms with E-state index in [0.29, 0.717) is 23.4 Å². The Morgan fingerprint density at radius 1 is 1.45 bits per heavy atom. The summed E-state index contributed by atoms with van der Waals surface area (Å²) in [5.74, 6) is 1.70. The first-order chi connectivity index (χ1) is 10.7. The first-order valence-corrected chi connectivity index (χ1v) is 7.53. The number of aromatic nitrogens is 3. The van der Waals surface area contributed by atoms with Gasteiger partial charge in [0.05, 0.1) is 18.4 Å². The van der Waals surface area contributed by atoms with Gasteiger partial charge in [-0.1, -0.05) is 6.92 Å². The molecule has 1 fully saturated rings. The molecule has 0 unspecified atom stereocenters. The van der Waals surface area contributed by atoms with Crippen molar-refractivity contribution in [2.45, 2.75) is 19.8 Å². The fourth-order valence-corrected chi connectivity index (χ4v) is 2.86. The molecule has 0 aromatic carbocycles. The lowest BCUT2D eigenvalue weighted by atomic mass is 10.0. The zero-order valence-electron chi connectivity index (χ0n) is 12.9. The Morgan fingerprint density at radius 3 is 3.09 bits per heavy atom. The molecule has 2 aromatic heterocycles. The number of pyridine rings is 1. The van der Waals surface area contributed by atoms with Crippen molar-refractivity contribution >= 4 is 5.95 Å². The lowest BCUT2D eigenvalue weighted by molar-refractivity contribution is 0.399. The van der Waals surface area contributed by atoms with Gasteiger partial charge in [-0.05, 0) is 30.9 Å². The first-order valence-electron chi connectivity index (χ1n) is 7.53. The topological polar surface area (TPSA) is 71.1 Å². The summed E-state index contributed by atoms with van der Waals surface area (Å²) in [6.45, 7) is 4.05. The van der Waals surface area contributed by atoms with Crippen LogP contribution in [0, 0.1) is 5.92 Å². The zero-order valence-corrected chi connectivity index (χ0v) is 12.9. The van der Waals surface area contributed by atoms with Gasteiger partial charge in [0, 0.05) is 25.4 Å². The molecule has 3 heterocycles. The molecule has 0 amide bonds. The zero-order chi connectivity index (χ0) is 15.5. The third-order valence-electron chi connectivity index (χ3n) is 3.93. The van der Waals surface area contributed by atoms with Gasteiger partial charge in [0.15, 0.2) is 0 Å². The van der Waals surface area contributed by atoms with Crippen molar-refractivity contribution in [3.63, 3.8) is 0 Å². The third-order valence-corrected chi connectivity index (χ3v) is 3.93. The van der Waals surface area contributed by atoms with Gasteiger partial charge in [0.1, 0.15) is 0 Å². The lowest BCUT2D eigenvalue weighted by Gasteiger charge is -2.31. The molecule has 6 heteroatoms. The highest BCUT2D eigenvalue weighted by molar-refractivity contribution is 5.65. The molecule has 0 radical (unpaired) electrons. The number of aromatic amines is 1. The van der Waals surface area contributed by atoms with E-state index in [2.05, 4.69) is 26.8 Å². The Hall–Kier alpha value is -2.37. The van der Waals surface area contributed by atoms with E-state index in [-0.39, 0.29) is 5.56 Å². The van der Waals surface area contributed by atoms with E-state index in [9.17, 15) is 4.79 Å². The van der Waals surface area contributed by atoms with E-state index < -0.39 is 0 Å². The van der Waals surface area contributed by atoms with Crippen LogP contribution in [0.5, 0.6) is 5.88 Å². The molecule has 0 bridgehead atoms. The van der Waals surface area contributed by atoms with Crippen LogP contribution in [-0.2, 0) is 0 Å². The van der Waals surface area contributed by atoms with E-state index in [4.69, 9.17) is 4.74 Å².